The van der Waals surface area contributed by atoms with E-state index >= 15 is 0 Å². The fraction of sp³-hybridized carbons (Fsp3) is 0.560. The summed E-state index contributed by atoms with van der Waals surface area (Å²) >= 11 is 0. The summed E-state index contributed by atoms with van der Waals surface area (Å²) < 4.78 is 0. The van der Waals surface area contributed by atoms with Crippen LogP contribution in [0.25, 0.3) is 11.1 Å². The molecule has 0 saturated heterocycles. The number of nitrogens with two attached hydrogens (primary N) is 1. The van der Waals surface area contributed by atoms with Crippen LogP contribution in [0.4, 0.5) is 0 Å². The van der Waals surface area contributed by atoms with Crippen LogP contribution in [0.2, 0.25) is 0 Å². The van der Waals surface area contributed by atoms with Crippen LogP contribution in [-0.2, 0) is 6.42 Å². The van der Waals surface area contributed by atoms with E-state index in [0.29, 0.717) is 5.70 Å². The summed E-state index contributed by atoms with van der Waals surface area (Å²) in [6.45, 7) is 24.3. The average Bonchev–Trinajstić information content (AvgIpc) is 3.43. The van der Waals surface area contributed by atoms with Gasteiger partial charge in [0.15, 0.2) is 0 Å². The molecule has 0 bridgehead atoms. The van der Waals surface area contributed by atoms with Gasteiger partial charge in [-0.1, -0.05) is 52.3 Å². The number of pyridine rings is 1. The van der Waals surface area contributed by atoms with Crippen LogP contribution in [0.5, 0.6) is 0 Å². The van der Waals surface area contributed by atoms with Gasteiger partial charge in [0.25, 0.3) is 0 Å². The average molecular weight is 371 g/mol. The summed E-state index contributed by atoms with van der Waals surface area (Å²) in [6, 6.07) is 2.27. The van der Waals surface area contributed by atoms with Crippen molar-refractivity contribution in [1.29, 1.82) is 0 Å². The van der Waals surface area contributed by atoms with Gasteiger partial charge in [0, 0.05) is 11.3 Å². The zero-order valence-electron chi connectivity index (χ0n) is 19.1. The lowest BCUT2D eigenvalue weighted by atomic mass is 9.92. The second kappa shape index (κ2) is 12.5. The lowest BCUT2D eigenvalue weighted by molar-refractivity contribution is 0.749. The summed E-state index contributed by atoms with van der Waals surface area (Å²) in [6.07, 6.45) is 6.31. The molecule has 1 saturated carbocycles. The van der Waals surface area contributed by atoms with Crippen LogP contribution in [-0.4, -0.2) is 4.98 Å². The molecule has 1 fully saturated rings. The third-order valence-corrected chi connectivity index (χ3v) is 4.70. The molecule has 0 unspecified atom stereocenters. The maximum absolute atomic E-state index is 4.92. The molecular weight excluding hydrogens is 328 g/mol. The Morgan fingerprint density at radius 3 is 2.07 bits per heavy atom. The van der Waals surface area contributed by atoms with Gasteiger partial charge in [0.1, 0.15) is 0 Å². The SMILES string of the molecule is C=C(C)N.C=C(CCC1CC1)c1c(CC)cc(C(C)=C(C)C)nc1C.CC. The number of nitrogens with zero attached hydrogens (tertiary/aromatic N) is 1. The van der Waals surface area contributed by atoms with Crippen LogP contribution >= 0.6 is 0 Å². The van der Waals surface area contributed by atoms with Crippen molar-refractivity contribution in [3.63, 3.8) is 0 Å². The lowest BCUT2D eigenvalue weighted by Gasteiger charge is -2.16. The molecule has 2 nitrogen and oxygen atoms in total. The van der Waals surface area contributed by atoms with Gasteiger partial charge in [-0.25, -0.2) is 0 Å². The van der Waals surface area contributed by atoms with Crippen molar-refractivity contribution in [2.75, 3.05) is 0 Å². The molecule has 0 aliphatic heterocycles. The molecular formula is C25H42N2. The fourth-order valence-corrected chi connectivity index (χ4v) is 2.86. The number of aromatic nitrogens is 1. The van der Waals surface area contributed by atoms with Crippen molar-refractivity contribution in [2.24, 2.45) is 11.7 Å². The molecule has 2 heteroatoms. The van der Waals surface area contributed by atoms with E-state index in [4.69, 9.17) is 10.7 Å². The summed E-state index contributed by atoms with van der Waals surface area (Å²) in [5.41, 5.74) is 14.5. The highest BCUT2D eigenvalue weighted by Gasteiger charge is 2.22. The molecule has 152 valence electrons. The van der Waals surface area contributed by atoms with Gasteiger partial charge >= 0.3 is 0 Å². The van der Waals surface area contributed by atoms with Crippen molar-refractivity contribution >= 4 is 11.1 Å². The monoisotopic (exact) mass is 370 g/mol. The largest absolute Gasteiger partial charge is 0.403 e. The standard InChI is InChI=1S/C20H29N.C3H7N.C2H6/c1-7-18-12-19(15(5)13(2)3)21-16(6)20(18)14(4)8-9-17-10-11-17;1-3(2)4;1-2/h12,17H,4,7-11H2,1-3,5-6H3;1,4H2,2H3;1-2H3. The van der Waals surface area contributed by atoms with Crippen molar-refractivity contribution in [2.45, 2.75) is 87.5 Å². The number of rotatable bonds is 6. The van der Waals surface area contributed by atoms with Gasteiger partial charge in [0.05, 0.1) is 5.69 Å². The first-order valence-corrected chi connectivity index (χ1v) is 10.4. The number of allylic oxidation sites excluding steroid dienone is 4. The van der Waals surface area contributed by atoms with E-state index in [1.165, 1.54) is 47.1 Å². The smallest absolute Gasteiger partial charge is 0.0664 e. The predicted molar refractivity (Wildman–Crippen MR) is 124 cm³/mol. The molecule has 0 spiro atoms. The van der Waals surface area contributed by atoms with Crippen LogP contribution in [0.1, 0.15) is 96.7 Å². The third-order valence-electron chi connectivity index (χ3n) is 4.70. The molecule has 27 heavy (non-hydrogen) atoms. The number of aryl methyl sites for hydroxylation is 2. The molecule has 1 heterocycles. The summed E-state index contributed by atoms with van der Waals surface area (Å²) in [4.78, 5) is 4.85. The summed E-state index contributed by atoms with van der Waals surface area (Å²) in [5, 5.41) is 0. The highest BCUT2D eigenvalue weighted by Crippen LogP contribution is 2.37. The molecule has 2 N–H and O–H groups in total. The van der Waals surface area contributed by atoms with E-state index < -0.39 is 0 Å². The topological polar surface area (TPSA) is 38.9 Å². The molecule has 2 rings (SSSR count). The van der Waals surface area contributed by atoms with E-state index in [-0.39, 0.29) is 0 Å². The Morgan fingerprint density at radius 1 is 1.15 bits per heavy atom. The minimum absolute atomic E-state index is 0.667. The van der Waals surface area contributed by atoms with E-state index in [0.717, 1.165) is 30.1 Å². The molecule has 1 aliphatic rings. The van der Waals surface area contributed by atoms with Gasteiger partial charge in [-0.2, -0.15) is 0 Å². The molecule has 1 aromatic rings. The minimum atomic E-state index is 0.667. The Kier molecular flexibility index (Phi) is 11.7. The first-order chi connectivity index (χ1) is 12.7. The second-order valence-electron chi connectivity index (χ2n) is 7.54. The fourth-order valence-electron chi connectivity index (χ4n) is 2.86. The molecule has 0 aromatic carbocycles. The highest BCUT2D eigenvalue weighted by atomic mass is 14.7. The Bertz CT molecular complexity index is 653. The van der Waals surface area contributed by atoms with Crippen molar-refractivity contribution < 1.29 is 0 Å². The maximum Gasteiger partial charge on any atom is 0.0664 e. The van der Waals surface area contributed by atoms with Crippen LogP contribution < -0.4 is 5.73 Å². The quantitative estimate of drug-likeness (QED) is 0.564. The summed E-state index contributed by atoms with van der Waals surface area (Å²) in [5.74, 6) is 0.965. The highest BCUT2D eigenvalue weighted by molar-refractivity contribution is 5.72. The van der Waals surface area contributed by atoms with E-state index in [1.54, 1.807) is 6.92 Å². The van der Waals surface area contributed by atoms with Gasteiger partial charge in [-0.05, 0) is 88.3 Å². The first kappa shape index (κ1) is 25.2. The number of hydrogen-bond donors (Lipinski definition) is 1. The van der Waals surface area contributed by atoms with Crippen molar-refractivity contribution in [1.82, 2.24) is 4.98 Å². The number of hydrogen-bond acceptors (Lipinski definition) is 2. The van der Waals surface area contributed by atoms with Crippen LogP contribution in [0.15, 0.2) is 30.5 Å². The lowest BCUT2D eigenvalue weighted by Crippen LogP contribution is -2.02. The second-order valence-corrected chi connectivity index (χ2v) is 7.54. The summed E-state index contributed by atoms with van der Waals surface area (Å²) in [7, 11) is 0. The van der Waals surface area contributed by atoms with Crippen molar-refractivity contribution in [3.8, 4) is 0 Å². The maximum atomic E-state index is 4.92. The molecule has 0 amide bonds. The minimum Gasteiger partial charge on any atom is -0.403 e. The third kappa shape index (κ3) is 9.08. The van der Waals surface area contributed by atoms with Gasteiger partial charge in [-0.3, -0.25) is 4.98 Å². The zero-order valence-corrected chi connectivity index (χ0v) is 19.1. The predicted octanol–water partition coefficient (Wildman–Crippen LogP) is 7.47. The van der Waals surface area contributed by atoms with Crippen LogP contribution in [0.3, 0.4) is 0 Å². The normalized spacial score (nSPS) is 12.1. The van der Waals surface area contributed by atoms with Gasteiger partial charge < -0.3 is 5.73 Å². The van der Waals surface area contributed by atoms with Gasteiger partial charge in [-0.15, -0.1) is 0 Å². The van der Waals surface area contributed by atoms with Crippen molar-refractivity contribution in [3.05, 3.63) is 53.0 Å². The Labute approximate surface area is 168 Å². The Balaban J connectivity index is 0.000000998. The zero-order chi connectivity index (χ0) is 21.1. The Morgan fingerprint density at radius 2 is 1.67 bits per heavy atom. The molecule has 1 aromatic heterocycles. The molecule has 0 atom stereocenters. The van der Waals surface area contributed by atoms with E-state index in [9.17, 15) is 0 Å². The molecule has 0 radical (unpaired) electrons. The first-order valence-electron chi connectivity index (χ1n) is 10.4. The Hall–Kier alpha value is -1.83. The van der Waals surface area contributed by atoms with E-state index in [2.05, 4.69) is 53.8 Å². The van der Waals surface area contributed by atoms with Gasteiger partial charge in [0.2, 0.25) is 0 Å². The molecule has 1 aliphatic carbocycles. The van der Waals surface area contributed by atoms with E-state index in [1.807, 2.05) is 13.8 Å². The van der Waals surface area contributed by atoms with Crippen LogP contribution in [0, 0.1) is 12.8 Å².